The highest BCUT2D eigenvalue weighted by atomic mass is 19.4. The molecule has 4 atom stereocenters. The van der Waals surface area contributed by atoms with Crippen molar-refractivity contribution in [2.75, 3.05) is 18.0 Å². The number of halogens is 4. The fourth-order valence-corrected chi connectivity index (χ4v) is 6.57. The van der Waals surface area contributed by atoms with E-state index in [1.807, 2.05) is 4.90 Å². The van der Waals surface area contributed by atoms with Gasteiger partial charge in [-0.15, -0.1) is 0 Å². The van der Waals surface area contributed by atoms with Crippen LogP contribution < -0.4 is 4.90 Å². The first kappa shape index (κ1) is 23.5. The van der Waals surface area contributed by atoms with Gasteiger partial charge in [0.2, 0.25) is 0 Å². The fourth-order valence-electron chi connectivity index (χ4n) is 6.57. The predicted octanol–water partition coefficient (Wildman–Crippen LogP) is 4.61. The van der Waals surface area contributed by atoms with Gasteiger partial charge in [-0.3, -0.25) is 4.79 Å². The first-order chi connectivity index (χ1) is 18.3. The largest absolute Gasteiger partial charge is 0.434 e. The number of piperidine rings is 1. The molecule has 4 fully saturated rings. The van der Waals surface area contributed by atoms with Gasteiger partial charge in [0.1, 0.15) is 11.6 Å². The van der Waals surface area contributed by atoms with Crippen LogP contribution in [-0.4, -0.2) is 55.9 Å². The molecule has 1 aromatic carbocycles. The van der Waals surface area contributed by atoms with Crippen LogP contribution in [0.1, 0.15) is 41.7 Å². The van der Waals surface area contributed by atoms with Crippen LogP contribution >= 0.6 is 0 Å². The van der Waals surface area contributed by atoms with Gasteiger partial charge in [-0.2, -0.15) is 13.2 Å². The van der Waals surface area contributed by atoms with Crippen molar-refractivity contribution < 1.29 is 22.4 Å². The Morgan fingerprint density at radius 2 is 1.84 bits per heavy atom. The molecule has 196 valence electrons. The molecule has 2 aromatic heterocycles. The Labute approximate surface area is 215 Å². The van der Waals surface area contributed by atoms with Gasteiger partial charge in [0.25, 0.3) is 5.91 Å². The van der Waals surface area contributed by atoms with E-state index in [-0.39, 0.29) is 40.4 Å². The maximum absolute atomic E-state index is 15.0. The summed E-state index contributed by atoms with van der Waals surface area (Å²) in [5.41, 5.74) is -0.731. The van der Waals surface area contributed by atoms with Gasteiger partial charge < -0.3 is 9.80 Å². The Bertz CT molecular complexity index is 1400. The van der Waals surface area contributed by atoms with E-state index >= 15 is 0 Å². The zero-order valence-electron chi connectivity index (χ0n) is 20.3. The first-order valence-corrected chi connectivity index (χ1v) is 12.8. The van der Waals surface area contributed by atoms with Crippen LogP contribution in [0.15, 0.2) is 49.1 Å². The van der Waals surface area contributed by atoms with E-state index in [1.165, 1.54) is 30.7 Å². The zero-order valence-corrected chi connectivity index (χ0v) is 20.3. The summed E-state index contributed by atoms with van der Waals surface area (Å²) in [5, 5.41) is 0. The van der Waals surface area contributed by atoms with Crippen molar-refractivity contribution in [3.05, 3.63) is 66.1 Å². The van der Waals surface area contributed by atoms with Crippen molar-refractivity contribution in [1.29, 1.82) is 0 Å². The summed E-state index contributed by atoms with van der Waals surface area (Å²) in [4.78, 5) is 34.0. The number of hydrogen-bond acceptors (Lipinski definition) is 6. The second-order valence-corrected chi connectivity index (χ2v) is 10.9. The Balaban J connectivity index is 1.22. The lowest BCUT2D eigenvalue weighted by atomic mass is 9.70. The molecule has 38 heavy (non-hydrogen) atoms. The number of alkyl halides is 3. The third-order valence-corrected chi connectivity index (χ3v) is 8.64. The number of rotatable bonds is 6. The highest BCUT2D eigenvalue weighted by molar-refractivity contribution is 6.01. The van der Waals surface area contributed by atoms with Gasteiger partial charge in [0, 0.05) is 25.5 Å². The van der Waals surface area contributed by atoms with Crippen molar-refractivity contribution in [3.63, 3.8) is 0 Å². The van der Waals surface area contributed by atoms with Gasteiger partial charge in [0.15, 0.2) is 11.5 Å². The van der Waals surface area contributed by atoms with Gasteiger partial charge in [-0.05, 0) is 61.1 Å². The van der Waals surface area contributed by atoms with Gasteiger partial charge >= 0.3 is 6.18 Å². The third-order valence-electron chi connectivity index (χ3n) is 8.64. The molecule has 1 spiro atoms. The number of nitrogens with zero attached hydrogens (tertiary/aromatic N) is 6. The topological polar surface area (TPSA) is 75.1 Å². The molecule has 4 aliphatic rings. The van der Waals surface area contributed by atoms with E-state index in [0.29, 0.717) is 30.7 Å². The van der Waals surface area contributed by atoms with Crippen molar-refractivity contribution in [3.8, 4) is 11.4 Å². The Morgan fingerprint density at radius 3 is 2.53 bits per heavy atom. The molecule has 0 radical (unpaired) electrons. The average Bonchev–Trinajstić information content (AvgIpc) is 3.82. The summed E-state index contributed by atoms with van der Waals surface area (Å²) in [6.45, 7) is 1.23. The molecule has 0 N–H and O–H groups in total. The number of carbonyl (C=O) groups is 1. The molecule has 1 amide bonds. The molecule has 3 heterocycles. The van der Waals surface area contributed by atoms with Crippen LogP contribution in [0.4, 0.5) is 23.4 Å². The van der Waals surface area contributed by atoms with E-state index in [0.717, 1.165) is 31.9 Å². The van der Waals surface area contributed by atoms with Crippen LogP contribution in [0.25, 0.3) is 11.4 Å². The molecule has 3 saturated carbocycles. The van der Waals surface area contributed by atoms with Crippen molar-refractivity contribution >= 4 is 11.7 Å². The van der Waals surface area contributed by atoms with Crippen LogP contribution in [-0.2, 0) is 6.18 Å². The molecule has 11 heteroatoms. The molecule has 7 nitrogen and oxygen atoms in total. The van der Waals surface area contributed by atoms with Crippen LogP contribution in [0.5, 0.6) is 0 Å². The predicted molar refractivity (Wildman–Crippen MR) is 128 cm³/mol. The Hall–Kier alpha value is -3.63. The molecule has 3 aliphatic carbocycles. The molecule has 4 unspecified atom stereocenters. The molecule has 7 rings (SSSR count). The summed E-state index contributed by atoms with van der Waals surface area (Å²) in [6, 6.07) is 5.81. The number of amides is 1. The molecular formula is C27H24F4N6O. The van der Waals surface area contributed by atoms with Crippen LogP contribution in [0.3, 0.4) is 0 Å². The van der Waals surface area contributed by atoms with Gasteiger partial charge in [-0.25, -0.2) is 24.3 Å². The standard InChI is InChI=1S/C27H24F4N6O/c28-18-4-1-3-17(22(18)24-32-7-2-8-33-24)25(38)37-14-16-9-26(16)10-19(23(26)37)36(13-15-5-6-15)21-12-34-20(11-35-21)27(29,30)31/h1-4,7-8,11-12,15-16,19,23H,5-6,9-10,13-14H2. The maximum atomic E-state index is 15.0. The number of hydrogen-bond donors (Lipinski definition) is 0. The summed E-state index contributed by atoms with van der Waals surface area (Å²) >= 11 is 0. The summed E-state index contributed by atoms with van der Waals surface area (Å²) in [6.07, 6.45) is 4.40. The Kier molecular flexibility index (Phi) is 5.06. The Morgan fingerprint density at radius 1 is 1.05 bits per heavy atom. The minimum Gasteiger partial charge on any atom is -0.350 e. The second-order valence-electron chi connectivity index (χ2n) is 10.9. The molecule has 0 bridgehead atoms. The number of likely N-dealkylation sites (tertiary alicyclic amines) is 1. The van der Waals surface area contributed by atoms with E-state index in [4.69, 9.17) is 0 Å². The molecular weight excluding hydrogens is 500 g/mol. The van der Waals surface area contributed by atoms with Gasteiger partial charge in [-0.1, -0.05) is 6.07 Å². The SMILES string of the molecule is O=C(c1cccc(F)c1-c1ncccn1)N1CC2CC23CC(N(CC2CC2)c2cnc(C(F)(F)F)cn2)C13. The summed E-state index contributed by atoms with van der Waals surface area (Å²) in [7, 11) is 0. The minimum absolute atomic E-state index is 0.0121. The van der Waals surface area contributed by atoms with E-state index in [1.54, 1.807) is 12.1 Å². The summed E-state index contributed by atoms with van der Waals surface area (Å²) in [5.74, 6) is 0.513. The van der Waals surface area contributed by atoms with E-state index in [2.05, 4.69) is 24.8 Å². The maximum Gasteiger partial charge on any atom is 0.434 e. The van der Waals surface area contributed by atoms with Crippen molar-refractivity contribution in [1.82, 2.24) is 24.8 Å². The van der Waals surface area contributed by atoms with Crippen molar-refractivity contribution in [2.24, 2.45) is 17.3 Å². The van der Waals surface area contributed by atoms with Gasteiger partial charge in [0.05, 0.1) is 35.6 Å². The number of aromatic nitrogens is 4. The minimum atomic E-state index is -4.56. The lowest BCUT2D eigenvalue weighted by Crippen LogP contribution is -2.64. The van der Waals surface area contributed by atoms with E-state index < -0.39 is 17.7 Å². The molecule has 1 aliphatic heterocycles. The monoisotopic (exact) mass is 524 g/mol. The second kappa shape index (κ2) is 8.18. The first-order valence-electron chi connectivity index (χ1n) is 12.8. The van der Waals surface area contributed by atoms with Crippen LogP contribution in [0, 0.1) is 23.1 Å². The highest BCUT2D eigenvalue weighted by Gasteiger charge is 2.76. The zero-order chi connectivity index (χ0) is 26.2. The van der Waals surface area contributed by atoms with Crippen LogP contribution in [0.2, 0.25) is 0 Å². The summed E-state index contributed by atoms with van der Waals surface area (Å²) < 4.78 is 54.3. The van der Waals surface area contributed by atoms with E-state index in [9.17, 15) is 22.4 Å². The lowest BCUT2D eigenvalue weighted by molar-refractivity contribution is -0.141. The average molecular weight is 525 g/mol. The normalized spacial score (nSPS) is 27.4. The molecule has 3 aromatic rings. The fraction of sp³-hybridized carbons (Fsp3) is 0.444. The lowest BCUT2D eigenvalue weighted by Gasteiger charge is -2.52. The smallest absolute Gasteiger partial charge is 0.350 e. The number of anilines is 1. The molecule has 1 saturated heterocycles. The quantitative estimate of drug-likeness (QED) is 0.439. The number of benzene rings is 1. The third kappa shape index (κ3) is 3.65. The number of carbonyl (C=O) groups excluding carboxylic acids is 1. The van der Waals surface area contributed by atoms with Crippen molar-refractivity contribution in [2.45, 2.75) is 43.9 Å². The highest BCUT2D eigenvalue weighted by Crippen LogP contribution is 2.72.